The van der Waals surface area contributed by atoms with Gasteiger partial charge in [0.15, 0.2) is 6.10 Å². The van der Waals surface area contributed by atoms with Gasteiger partial charge >= 0.3 is 19.8 Å². The third-order valence-electron chi connectivity index (χ3n) is 15.8. The molecule has 9 nitrogen and oxygen atoms in total. The summed E-state index contributed by atoms with van der Waals surface area (Å²) in [5.74, 6) is -0.817. The third-order valence-corrected chi connectivity index (χ3v) is 16.7. The molecule has 0 fully saturated rings. The monoisotopic (exact) mass is 1200 g/mol. The van der Waals surface area contributed by atoms with Crippen molar-refractivity contribution in [3.05, 3.63) is 72.9 Å². The molecule has 0 aliphatic heterocycles. The molecule has 1 N–H and O–H groups in total. The molecule has 2 unspecified atom stereocenters. The van der Waals surface area contributed by atoms with Gasteiger partial charge in [0, 0.05) is 12.8 Å². The molecular formula is C74H137NO8P+. The minimum atomic E-state index is -4.40. The maximum atomic E-state index is 12.8. The van der Waals surface area contributed by atoms with Crippen molar-refractivity contribution in [3.8, 4) is 0 Å². The lowest BCUT2D eigenvalue weighted by Crippen LogP contribution is -2.37. The van der Waals surface area contributed by atoms with Gasteiger partial charge in [-0.25, -0.2) is 4.57 Å². The molecule has 0 saturated carbocycles. The van der Waals surface area contributed by atoms with Gasteiger partial charge < -0.3 is 18.9 Å². The van der Waals surface area contributed by atoms with E-state index < -0.39 is 26.5 Å². The molecule has 0 aromatic heterocycles. The molecule has 0 rings (SSSR count). The van der Waals surface area contributed by atoms with Crippen LogP contribution in [0.1, 0.15) is 335 Å². The van der Waals surface area contributed by atoms with E-state index in [9.17, 15) is 19.0 Å². The summed E-state index contributed by atoms with van der Waals surface area (Å²) in [6.45, 7) is 4.33. The first-order valence-electron chi connectivity index (χ1n) is 35.7. The normalized spacial score (nSPS) is 13.5. The minimum Gasteiger partial charge on any atom is -0.462 e. The number of likely N-dealkylation sites (N-methyl/N-ethyl adjacent to an activating group) is 1. The van der Waals surface area contributed by atoms with Crippen LogP contribution in [0, 0.1) is 0 Å². The van der Waals surface area contributed by atoms with E-state index >= 15 is 0 Å². The number of carbonyl (C=O) groups excluding carboxylic acids is 2. The number of nitrogens with zero attached hydrogens (tertiary/aromatic N) is 1. The molecule has 0 aromatic carbocycles. The first-order chi connectivity index (χ1) is 41.0. The molecule has 0 amide bonds. The van der Waals surface area contributed by atoms with E-state index in [1.807, 2.05) is 21.1 Å². The van der Waals surface area contributed by atoms with Crippen LogP contribution < -0.4 is 0 Å². The Kier molecular flexibility index (Phi) is 62.9. The Balaban J connectivity index is 3.98. The van der Waals surface area contributed by atoms with Gasteiger partial charge in [0.2, 0.25) is 0 Å². The number of quaternary nitrogens is 1. The summed E-state index contributed by atoms with van der Waals surface area (Å²) >= 11 is 0. The molecule has 490 valence electrons. The average molecular weight is 1200 g/mol. The van der Waals surface area contributed by atoms with Gasteiger partial charge in [-0.15, -0.1) is 0 Å². The molecule has 0 aromatic rings. The fourth-order valence-electron chi connectivity index (χ4n) is 10.3. The first kappa shape index (κ1) is 81.5. The van der Waals surface area contributed by atoms with Crippen molar-refractivity contribution < 1.29 is 42.1 Å². The van der Waals surface area contributed by atoms with Crippen molar-refractivity contribution in [1.82, 2.24) is 0 Å². The van der Waals surface area contributed by atoms with Gasteiger partial charge in [-0.3, -0.25) is 18.6 Å². The van der Waals surface area contributed by atoms with E-state index in [1.165, 1.54) is 218 Å². The summed E-state index contributed by atoms with van der Waals surface area (Å²) in [4.78, 5) is 35.8. The fraction of sp³-hybridized carbons (Fsp3) is 0.811. The van der Waals surface area contributed by atoms with Crippen LogP contribution in [0.2, 0.25) is 0 Å². The van der Waals surface area contributed by atoms with Crippen molar-refractivity contribution >= 4 is 19.8 Å². The van der Waals surface area contributed by atoms with Crippen molar-refractivity contribution in [3.63, 3.8) is 0 Å². The summed E-state index contributed by atoms with van der Waals surface area (Å²) in [6, 6.07) is 0. The molecule has 10 heteroatoms. The van der Waals surface area contributed by atoms with E-state index in [-0.39, 0.29) is 32.0 Å². The number of unbranched alkanes of at least 4 members (excludes halogenated alkanes) is 40. The summed E-state index contributed by atoms with van der Waals surface area (Å²) in [6.07, 6.45) is 87.5. The lowest BCUT2D eigenvalue weighted by atomic mass is 10.0. The molecule has 84 heavy (non-hydrogen) atoms. The van der Waals surface area contributed by atoms with Crippen molar-refractivity contribution in [2.75, 3.05) is 47.5 Å². The number of phosphoric acid groups is 1. The topological polar surface area (TPSA) is 108 Å². The zero-order chi connectivity index (χ0) is 61.2. The van der Waals surface area contributed by atoms with Crippen molar-refractivity contribution in [1.29, 1.82) is 0 Å². The summed E-state index contributed by atoms with van der Waals surface area (Å²) in [7, 11) is 1.46. The number of allylic oxidation sites excluding steroid dienone is 12. The van der Waals surface area contributed by atoms with Gasteiger partial charge in [0.05, 0.1) is 27.7 Å². The highest BCUT2D eigenvalue weighted by Crippen LogP contribution is 2.43. The SMILES string of the molecule is CC/C=C\C/C=C\C/C=C\C/C=C\C/C=C\C/C=C\CCCCCCC(=O)OC(COC(=O)CCCCCCCCCCCCCCCCCCCCCCCCCCCCCCCCCCCCCCC)COP(=O)(O)OCC[N+](C)(C)C. The third kappa shape index (κ3) is 68.6. The van der Waals surface area contributed by atoms with E-state index in [1.54, 1.807) is 0 Å². The Morgan fingerprint density at radius 1 is 0.381 bits per heavy atom. The predicted molar refractivity (Wildman–Crippen MR) is 363 cm³/mol. The van der Waals surface area contributed by atoms with Gasteiger partial charge in [0.25, 0.3) is 0 Å². The average Bonchev–Trinajstić information content (AvgIpc) is 3.61. The Labute approximate surface area is 520 Å². The van der Waals surface area contributed by atoms with Crippen LogP contribution in [0.15, 0.2) is 72.9 Å². The summed E-state index contributed by atoms with van der Waals surface area (Å²) in [5, 5.41) is 0. The predicted octanol–water partition coefficient (Wildman–Crippen LogP) is 23.2. The second-order valence-corrected chi connectivity index (χ2v) is 26.7. The number of esters is 2. The number of hydrogen-bond donors (Lipinski definition) is 1. The molecule has 0 aliphatic carbocycles. The van der Waals surface area contributed by atoms with E-state index in [0.717, 1.165) is 83.5 Å². The highest BCUT2D eigenvalue weighted by Gasteiger charge is 2.27. The first-order valence-corrected chi connectivity index (χ1v) is 37.2. The second-order valence-electron chi connectivity index (χ2n) is 25.3. The molecule has 0 saturated heterocycles. The summed E-state index contributed by atoms with van der Waals surface area (Å²) < 4.78 is 34.7. The summed E-state index contributed by atoms with van der Waals surface area (Å²) in [5.41, 5.74) is 0. The molecule has 0 spiro atoms. The van der Waals surface area contributed by atoms with Gasteiger partial charge in [-0.2, -0.15) is 0 Å². The quantitative estimate of drug-likeness (QED) is 0.0211. The molecule has 0 radical (unpaired) electrons. The Hall–Kier alpha value is -2.55. The van der Waals surface area contributed by atoms with E-state index in [2.05, 4.69) is 86.8 Å². The zero-order valence-electron chi connectivity index (χ0n) is 55.9. The van der Waals surface area contributed by atoms with Crippen LogP contribution in [0.5, 0.6) is 0 Å². The molecule has 0 bridgehead atoms. The highest BCUT2D eigenvalue weighted by atomic mass is 31.2. The van der Waals surface area contributed by atoms with Gasteiger partial charge in [-0.05, 0) is 64.2 Å². The fourth-order valence-corrected chi connectivity index (χ4v) is 11.1. The lowest BCUT2D eigenvalue weighted by Gasteiger charge is -2.24. The molecular weight excluding hydrogens is 1060 g/mol. The molecule has 2 atom stereocenters. The smallest absolute Gasteiger partial charge is 0.462 e. The van der Waals surface area contributed by atoms with E-state index in [4.69, 9.17) is 18.5 Å². The Bertz CT molecular complexity index is 1650. The van der Waals surface area contributed by atoms with Crippen LogP contribution in [-0.4, -0.2) is 74.9 Å². The van der Waals surface area contributed by atoms with E-state index in [0.29, 0.717) is 17.4 Å². The van der Waals surface area contributed by atoms with Crippen LogP contribution in [0.4, 0.5) is 0 Å². The van der Waals surface area contributed by atoms with Crippen molar-refractivity contribution in [2.45, 2.75) is 341 Å². The Morgan fingerprint density at radius 2 is 0.679 bits per heavy atom. The van der Waals surface area contributed by atoms with Crippen LogP contribution in [0.25, 0.3) is 0 Å². The lowest BCUT2D eigenvalue weighted by molar-refractivity contribution is -0.870. The maximum absolute atomic E-state index is 12.8. The maximum Gasteiger partial charge on any atom is 0.472 e. The van der Waals surface area contributed by atoms with Crippen molar-refractivity contribution in [2.24, 2.45) is 0 Å². The van der Waals surface area contributed by atoms with Crippen LogP contribution in [0.3, 0.4) is 0 Å². The number of carbonyl (C=O) groups is 2. The number of phosphoric ester groups is 1. The largest absolute Gasteiger partial charge is 0.472 e. The number of rotatable bonds is 66. The highest BCUT2D eigenvalue weighted by molar-refractivity contribution is 7.47. The van der Waals surface area contributed by atoms with Gasteiger partial charge in [-0.1, -0.05) is 331 Å². The number of ether oxygens (including phenoxy) is 2. The standard InChI is InChI=1S/C74H136NO8P/c1-6-8-10-12-14-16-18-20-22-24-26-28-30-31-32-33-34-35-36-37-38-39-40-41-42-43-45-46-48-50-52-54-56-58-60-62-64-66-73(76)80-70-72(71-82-84(78,79)81-69-68-75(3,4)5)83-74(77)67-65-63-61-59-57-55-53-51-49-47-44-29-27-25-23-21-19-17-15-13-11-9-7-2/h9,11,15,17,21,23,27,29,47,49,53,55,72H,6-8,10,12-14,16,18-20,22,24-26,28,30-46,48,50-52,54,56-71H2,1-5H3/p+1/b11-9-,17-15-,23-21-,29-27-,49-47-,55-53-. The number of hydrogen-bond acceptors (Lipinski definition) is 7. The van der Waals surface area contributed by atoms with Gasteiger partial charge in [0.1, 0.15) is 19.8 Å². The minimum absolute atomic E-state index is 0.0244. The second kappa shape index (κ2) is 64.9. The Morgan fingerprint density at radius 3 is 1.01 bits per heavy atom. The van der Waals surface area contributed by atoms with Crippen LogP contribution in [-0.2, 0) is 32.7 Å². The molecule has 0 aliphatic rings. The van der Waals surface area contributed by atoms with Crippen LogP contribution >= 0.6 is 7.82 Å². The molecule has 0 heterocycles. The zero-order valence-corrected chi connectivity index (χ0v) is 56.8.